The van der Waals surface area contributed by atoms with E-state index in [2.05, 4.69) is 4.74 Å². The number of rotatable bonds is 4. The normalized spacial score (nSPS) is 27.5. The number of halogens is 1. The molecule has 2 unspecified atom stereocenters. The number of carboxylic acids is 1. The van der Waals surface area contributed by atoms with Crippen molar-refractivity contribution >= 4 is 5.97 Å². The van der Waals surface area contributed by atoms with Gasteiger partial charge in [-0.2, -0.15) is 0 Å². The first-order chi connectivity index (χ1) is 7.58. The van der Waals surface area contributed by atoms with Gasteiger partial charge < -0.3 is 15.6 Å². The molecule has 1 aromatic carbocycles. The first-order valence-electron chi connectivity index (χ1n) is 4.89. The fraction of sp³-hybridized carbons (Fsp3) is 0.364. The van der Waals surface area contributed by atoms with E-state index in [1.165, 1.54) is 0 Å². The van der Waals surface area contributed by atoms with E-state index in [9.17, 15) is 9.18 Å². The molecular formula is C11H12FNO3. The zero-order valence-electron chi connectivity index (χ0n) is 8.52. The molecule has 1 fully saturated rings. The van der Waals surface area contributed by atoms with Gasteiger partial charge in [-0.25, -0.2) is 4.39 Å². The summed E-state index contributed by atoms with van der Waals surface area (Å²) in [7, 11) is 0. The zero-order chi connectivity index (χ0) is 11.8. The molecule has 16 heavy (non-hydrogen) atoms. The number of benzene rings is 1. The fourth-order valence-corrected chi connectivity index (χ4v) is 1.79. The summed E-state index contributed by atoms with van der Waals surface area (Å²) in [6.45, 7) is -0.876. The van der Waals surface area contributed by atoms with E-state index < -0.39 is 18.4 Å². The van der Waals surface area contributed by atoms with E-state index in [0.717, 1.165) is 5.56 Å². The summed E-state index contributed by atoms with van der Waals surface area (Å²) < 4.78 is 16.5. The van der Waals surface area contributed by atoms with E-state index in [-0.39, 0.29) is 5.92 Å². The van der Waals surface area contributed by atoms with E-state index in [1.807, 2.05) is 0 Å². The van der Waals surface area contributed by atoms with Crippen molar-refractivity contribution in [3.63, 3.8) is 0 Å². The molecule has 1 aliphatic rings. The lowest BCUT2D eigenvalue weighted by Crippen LogP contribution is -2.34. The van der Waals surface area contributed by atoms with Gasteiger partial charge in [0.05, 0.1) is 0 Å². The molecule has 1 aliphatic carbocycles. The maximum absolute atomic E-state index is 11.9. The summed E-state index contributed by atoms with van der Waals surface area (Å²) in [5, 5.41) is 8.88. The van der Waals surface area contributed by atoms with Crippen molar-refractivity contribution in [2.24, 2.45) is 5.73 Å². The Morgan fingerprint density at radius 2 is 2.19 bits per heavy atom. The number of ether oxygens (including phenoxy) is 1. The van der Waals surface area contributed by atoms with Gasteiger partial charge >= 0.3 is 5.97 Å². The van der Waals surface area contributed by atoms with Gasteiger partial charge in [0.15, 0.2) is 0 Å². The van der Waals surface area contributed by atoms with Crippen molar-refractivity contribution in [3.8, 4) is 5.75 Å². The van der Waals surface area contributed by atoms with E-state index >= 15 is 0 Å². The first kappa shape index (κ1) is 10.9. The molecule has 4 nitrogen and oxygen atoms in total. The minimum absolute atomic E-state index is 0.163. The molecule has 1 saturated carbocycles. The van der Waals surface area contributed by atoms with Crippen molar-refractivity contribution in [2.75, 3.05) is 6.86 Å². The molecule has 0 heterocycles. The topological polar surface area (TPSA) is 72.6 Å². The standard InChI is InChI=1S/C11H12FNO3/c12-6-16-8-3-1-7(2-4-8)9-5-11(9,13)10(14)15/h1-4,9H,5-6,13H2,(H,14,15). The lowest BCUT2D eigenvalue weighted by molar-refractivity contribution is -0.139. The Labute approximate surface area is 91.8 Å². The van der Waals surface area contributed by atoms with Crippen LogP contribution in [0.15, 0.2) is 24.3 Å². The number of carbonyl (C=O) groups is 1. The maximum atomic E-state index is 11.9. The number of hydrogen-bond donors (Lipinski definition) is 2. The van der Waals surface area contributed by atoms with Crippen LogP contribution in [-0.4, -0.2) is 23.5 Å². The molecule has 5 heteroatoms. The SMILES string of the molecule is NC1(C(=O)O)CC1c1ccc(OCF)cc1. The molecule has 0 radical (unpaired) electrons. The smallest absolute Gasteiger partial charge is 0.324 e. The van der Waals surface area contributed by atoms with Crippen LogP contribution in [0.4, 0.5) is 4.39 Å². The van der Waals surface area contributed by atoms with Crippen LogP contribution in [0.2, 0.25) is 0 Å². The Kier molecular flexibility index (Phi) is 2.55. The third-order valence-electron chi connectivity index (χ3n) is 2.91. The lowest BCUT2D eigenvalue weighted by atomic mass is 10.1. The average molecular weight is 225 g/mol. The third kappa shape index (κ3) is 1.74. The molecule has 0 saturated heterocycles. The second kappa shape index (κ2) is 3.75. The Balaban J connectivity index is 2.10. The van der Waals surface area contributed by atoms with Gasteiger partial charge in [0.1, 0.15) is 11.3 Å². The van der Waals surface area contributed by atoms with Crippen molar-refractivity contribution in [1.29, 1.82) is 0 Å². The van der Waals surface area contributed by atoms with Crippen molar-refractivity contribution < 1.29 is 19.0 Å². The van der Waals surface area contributed by atoms with Crippen LogP contribution in [0.5, 0.6) is 5.75 Å². The van der Waals surface area contributed by atoms with Gasteiger partial charge in [0, 0.05) is 5.92 Å². The Bertz CT molecular complexity index is 406. The molecule has 3 N–H and O–H groups in total. The fourth-order valence-electron chi connectivity index (χ4n) is 1.79. The molecule has 0 amide bonds. The minimum Gasteiger partial charge on any atom is -0.480 e. The Morgan fingerprint density at radius 3 is 2.62 bits per heavy atom. The number of nitrogens with two attached hydrogens (primary N) is 1. The van der Waals surface area contributed by atoms with E-state index in [4.69, 9.17) is 10.8 Å². The van der Waals surface area contributed by atoms with E-state index in [1.54, 1.807) is 24.3 Å². The van der Waals surface area contributed by atoms with Crippen LogP contribution in [0, 0.1) is 0 Å². The lowest BCUT2D eigenvalue weighted by Gasteiger charge is -2.06. The largest absolute Gasteiger partial charge is 0.480 e. The summed E-state index contributed by atoms with van der Waals surface area (Å²) in [5.74, 6) is -0.726. The second-order valence-corrected chi connectivity index (χ2v) is 3.92. The predicted octanol–water partition coefficient (Wildman–Crippen LogP) is 1.26. The first-order valence-corrected chi connectivity index (χ1v) is 4.89. The molecule has 2 atom stereocenters. The number of alkyl halides is 1. The van der Waals surface area contributed by atoms with Crippen molar-refractivity contribution in [2.45, 2.75) is 17.9 Å². The summed E-state index contributed by atoms with van der Waals surface area (Å²) >= 11 is 0. The van der Waals surface area contributed by atoms with Crippen LogP contribution < -0.4 is 10.5 Å². The molecule has 86 valence electrons. The van der Waals surface area contributed by atoms with Crippen molar-refractivity contribution in [1.82, 2.24) is 0 Å². The molecular weight excluding hydrogens is 213 g/mol. The minimum atomic E-state index is -1.14. The summed E-state index contributed by atoms with van der Waals surface area (Å²) in [5.41, 5.74) is 5.38. The molecule has 0 aliphatic heterocycles. The summed E-state index contributed by atoms with van der Waals surface area (Å²) in [6, 6.07) is 6.64. The Hall–Kier alpha value is -1.62. The number of aliphatic carboxylic acids is 1. The number of hydrogen-bond acceptors (Lipinski definition) is 3. The van der Waals surface area contributed by atoms with Gasteiger partial charge in [0.25, 0.3) is 0 Å². The van der Waals surface area contributed by atoms with Crippen LogP contribution >= 0.6 is 0 Å². The van der Waals surface area contributed by atoms with Gasteiger partial charge in [0.2, 0.25) is 6.86 Å². The molecule has 1 aromatic rings. The Morgan fingerprint density at radius 1 is 1.56 bits per heavy atom. The quantitative estimate of drug-likeness (QED) is 0.809. The zero-order valence-corrected chi connectivity index (χ0v) is 8.52. The van der Waals surface area contributed by atoms with Gasteiger partial charge in [-0.15, -0.1) is 0 Å². The highest BCUT2D eigenvalue weighted by molar-refractivity contribution is 5.84. The molecule has 0 bridgehead atoms. The van der Waals surface area contributed by atoms with Crippen molar-refractivity contribution in [3.05, 3.63) is 29.8 Å². The highest BCUT2D eigenvalue weighted by Crippen LogP contribution is 2.49. The predicted molar refractivity (Wildman–Crippen MR) is 55.0 cm³/mol. The van der Waals surface area contributed by atoms with Crippen LogP contribution in [0.1, 0.15) is 17.9 Å². The van der Waals surface area contributed by atoms with Crippen LogP contribution in [0.25, 0.3) is 0 Å². The van der Waals surface area contributed by atoms with Gasteiger partial charge in [-0.05, 0) is 24.1 Å². The monoisotopic (exact) mass is 225 g/mol. The van der Waals surface area contributed by atoms with E-state index in [0.29, 0.717) is 12.2 Å². The highest BCUT2D eigenvalue weighted by Gasteiger charge is 2.58. The summed E-state index contributed by atoms with van der Waals surface area (Å²) in [4.78, 5) is 10.8. The second-order valence-electron chi connectivity index (χ2n) is 3.92. The van der Waals surface area contributed by atoms with Gasteiger partial charge in [-0.3, -0.25) is 4.79 Å². The maximum Gasteiger partial charge on any atom is 0.324 e. The molecule has 0 aromatic heterocycles. The highest BCUT2D eigenvalue weighted by atomic mass is 19.1. The van der Waals surface area contributed by atoms with Gasteiger partial charge in [-0.1, -0.05) is 12.1 Å². The molecule has 2 rings (SSSR count). The average Bonchev–Trinajstić information content (AvgIpc) is 2.94. The molecule has 0 spiro atoms. The number of carboxylic acid groups (broad SMARTS) is 1. The van der Waals surface area contributed by atoms with Crippen LogP contribution in [-0.2, 0) is 4.79 Å². The summed E-state index contributed by atoms with van der Waals surface area (Å²) in [6.07, 6.45) is 0.436. The van der Waals surface area contributed by atoms with Crippen LogP contribution in [0.3, 0.4) is 0 Å². The third-order valence-corrected chi connectivity index (χ3v) is 2.91.